The summed E-state index contributed by atoms with van der Waals surface area (Å²) in [6, 6.07) is 9.65. The molecule has 106 valence electrons. The van der Waals surface area contributed by atoms with Crippen molar-refractivity contribution in [2.75, 3.05) is 6.61 Å². The van der Waals surface area contributed by atoms with Gasteiger partial charge in [0, 0.05) is 12.0 Å². The van der Waals surface area contributed by atoms with Gasteiger partial charge in [-0.25, -0.2) is 0 Å². The lowest BCUT2D eigenvalue weighted by molar-refractivity contribution is -0.152. The maximum Gasteiger partial charge on any atom is 0.311 e. The first-order valence-electron chi connectivity index (χ1n) is 6.54. The number of esters is 1. The van der Waals surface area contributed by atoms with Gasteiger partial charge in [-0.2, -0.15) is 0 Å². The zero-order valence-electron chi connectivity index (χ0n) is 12.2. The number of rotatable bonds is 5. The zero-order chi connectivity index (χ0) is 15.0. The molecule has 0 heterocycles. The molecule has 0 amide bonds. The lowest BCUT2D eigenvalue weighted by atomic mass is 9.97. The van der Waals surface area contributed by atoms with Crippen molar-refractivity contribution in [2.24, 2.45) is 5.41 Å². The van der Waals surface area contributed by atoms with Crippen LogP contribution < -0.4 is 0 Å². The van der Waals surface area contributed by atoms with Gasteiger partial charge >= 0.3 is 5.97 Å². The smallest absolute Gasteiger partial charge is 0.311 e. The van der Waals surface area contributed by atoms with E-state index in [1.165, 1.54) is 0 Å². The average molecular weight is 272 g/mol. The minimum atomic E-state index is -0.546. The lowest BCUT2D eigenvalue weighted by Gasteiger charge is -2.16. The molecule has 0 radical (unpaired) electrons. The number of carbonyl (C=O) groups is 2. The Morgan fingerprint density at radius 1 is 1.25 bits per heavy atom. The average Bonchev–Trinajstić information content (AvgIpc) is 2.41. The molecule has 1 rings (SSSR count). The second-order valence-corrected chi connectivity index (χ2v) is 5.50. The van der Waals surface area contributed by atoms with Gasteiger partial charge in [0.05, 0.1) is 5.41 Å². The molecule has 0 spiro atoms. The predicted octanol–water partition coefficient (Wildman–Crippen LogP) is 3.40. The molecular formula is C17H20O3. The van der Waals surface area contributed by atoms with Crippen LogP contribution >= 0.6 is 0 Å². The summed E-state index contributed by atoms with van der Waals surface area (Å²) in [5.41, 5.74) is 4.12. The summed E-state index contributed by atoms with van der Waals surface area (Å²) in [5.74, 6) is -0.289. The molecule has 0 atom stereocenters. The summed E-state index contributed by atoms with van der Waals surface area (Å²) < 4.78 is 5.19. The fraction of sp³-hybridized carbons (Fsp3) is 0.353. The second kappa shape index (κ2) is 7.46. The monoisotopic (exact) mass is 272 g/mol. The molecule has 0 saturated heterocycles. The SMILES string of the molecule is CC(C)(C)C(=O)OCC(=C=Cc1ccccc1)CC=O. The van der Waals surface area contributed by atoms with Crippen LogP contribution in [-0.2, 0) is 14.3 Å². The van der Waals surface area contributed by atoms with Gasteiger partial charge in [-0.05, 0) is 32.4 Å². The Bertz CT molecular complexity index is 515. The van der Waals surface area contributed by atoms with Gasteiger partial charge in [-0.1, -0.05) is 30.3 Å². The minimum Gasteiger partial charge on any atom is -0.460 e. The van der Waals surface area contributed by atoms with Crippen LogP contribution in [0.4, 0.5) is 0 Å². The number of aldehydes is 1. The van der Waals surface area contributed by atoms with Crippen LogP contribution in [0.3, 0.4) is 0 Å². The molecule has 0 aliphatic heterocycles. The third-order valence-electron chi connectivity index (χ3n) is 2.56. The highest BCUT2D eigenvalue weighted by atomic mass is 16.5. The summed E-state index contributed by atoms with van der Waals surface area (Å²) in [5, 5.41) is 0. The summed E-state index contributed by atoms with van der Waals surface area (Å²) in [6.07, 6.45) is 2.77. The second-order valence-electron chi connectivity index (χ2n) is 5.50. The van der Waals surface area contributed by atoms with Crippen LogP contribution in [-0.4, -0.2) is 18.9 Å². The first-order valence-corrected chi connectivity index (χ1v) is 6.54. The number of hydrogen-bond donors (Lipinski definition) is 0. The van der Waals surface area contributed by atoms with E-state index in [1.54, 1.807) is 26.8 Å². The Hall–Kier alpha value is -2.12. The van der Waals surface area contributed by atoms with Crippen molar-refractivity contribution in [3.63, 3.8) is 0 Å². The Kier molecular flexibility index (Phi) is 5.95. The highest BCUT2D eigenvalue weighted by molar-refractivity contribution is 5.75. The van der Waals surface area contributed by atoms with Crippen LogP contribution in [0, 0.1) is 5.41 Å². The summed E-state index contributed by atoms with van der Waals surface area (Å²) in [6.45, 7) is 5.47. The van der Waals surface area contributed by atoms with Crippen LogP contribution in [0.5, 0.6) is 0 Å². The van der Waals surface area contributed by atoms with Crippen molar-refractivity contribution in [3.8, 4) is 0 Å². The van der Waals surface area contributed by atoms with E-state index in [9.17, 15) is 9.59 Å². The standard InChI is InChI=1S/C17H20O3/c1-17(2,3)16(19)20-13-15(11-12-18)10-9-14-7-5-4-6-8-14/h4-9,12H,11,13H2,1-3H3. The van der Waals surface area contributed by atoms with Crippen molar-refractivity contribution < 1.29 is 14.3 Å². The van der Waals surface area contributed by atoms with Gasteiger partial charge in [0.15, 0.2) is 0 Å². The quantitative estimate of drug-likeness (QED) is 0.469. The molecule has 0 fully saturated rings. The van der Waals surface area contributed by atoms with Crippen molar-refractivity contribution in [1.29, 1.82) is 0 Å². The molecule has 3 nitrogen and oxygen atoms in total. The molecule has 0 aliphatic rings. The molecule has 1 aromatic carbocycles. The Labute approximate surface area is 120 Å². The number of hydrogen-bond acceptors (Lipinski definition) is 3. The molecule has 20 heavy (non-hydrogen) atoms. The molecule has 0 N–H and O–H groups in total. The van der Waals surface area contributed by atoms with E-state index in [4.69, 9.17) is 4.74 Å². The molecule has 0 saturated carbocycles. The zero-order valence-corrected chi connectivity index (χ0v) is 12.2. The summed E-state index contributed by atoms with van der Waals surface area (Å²) in [7, 11) is 0. The number of benzene rings is 1. The third-order valence-corrected chi connectivity index (χ3v) is 2.56. The fourth-order valence-electron chi connectivity index (χ4n) is 1.36. The molecule has 3 heteroatoms. The van der Waals surface area contributed by atoms with Gasteiger partial charge in [0.2, 0.25) is 0 Å². The Balaban J connectivity index is 2.77. The number of carbonyl (C=O) groups excluding carboxylic acids is 2. The Morgan fingerprint density at radius 2 is 1.90 bits per heavy atom. The topological polar surface area (TPSA) is 43.4 Å². The van der Waals surface area contributed by atoms with E-state index in [2.05, 4.69) is 5.73 Å². The maximum atomic E-state index is 11.7. The normalized spacial score (nSPS) is 10.3. The van der Waals surface area contributed by atoms with Gasteiger partial charge < -0.3 is 9.53 Å². The molecule has 0 bridgehead atoms. The van der Waals surface area contributed by atoms with Crippen molar-refractivity contribution in [2.45, 2.75) is 27.2 Å². The van der Waals surface area contributed by atoms with Gasteiger partial charge in [-0.3, -0.25) is 4.79 Å². The van der Waals surface area contributed by atoms with E-state index in [0.29, 0.717) is 5.57 Å². The van der Waals surface area contributed by atoms with E-state index in [0.717, 1.165) is 11.8 Å². The van der Waals surface area contributed by atoms with E-state index < -0.39 is 5.41 Å². The molecule has 0 unspecified atom stereocenters. The first-order chi connectivity index (χ1) is 9.43. The summed E-state index contributed by atoms with van der Waals surface area (Å²) in [4.78, 5) is 22.3. The van der Waals surface area contributed by atoms with Gasteiger partial charge in [0.1, 0.15) is 12.9 Å². The van der Waals surface area contributed by atoms with Crippen molar-refractivity contribution in [1.82, 2.24) is 0 Å². The molecule has 0 aromatic heterocycles. The van der Waals surface area contributed by atoms with Crippen LogP contribution in [0.25, 0.3) is 6.08 Å². The minimum absolute atomic E-state index is 0.0954. The molecule has 0 aliphatic carbocycles. The highest BCUT2D eigenvalue weighted by Crippen LogP contribution is 2.16. The van der Waals surface area contributed by atoms with Gasteiger partial charge in [-0.15, -0.1) is 5.73 Å². The van der Waals surface area contributed by atoms with Gasteiger partial charge in [0.25, 0.3) is 0 Å². The van der Waals surface area contributed by atoms with Crippen LogP contribution in [0.15, 0.2) is 41.6 Å². The molecule has 1 aromatic rings. The summed E-state index contributed by atoms with van der Waals surface area (Å²) >= 11 is 0. The third kappa shape index (κ3) is 5.68. The Morgan fingerprint density at radius 3 is 2.45 bits per heavy atom. The van der Waals surface area contributed by atoms with Crippen molar-refractivity contribution >= 4 is 18.3 Å². The first kappa shape index (κ1) is 15.9. The predicted molar refractivity (Wildman–Crippen MR) is 79.0 cm³/mol. The van der Waals surface area contributed by atoms with Crippen molar-refractivity contribution in [3.05, 3.63) is 47.2 Å². The lowest BCUT2D eigenvalue weighted by Crippen LogP contribution is -2.23. The largest absolute Gasteiger partial charge is 0.460 e. The van der Waals surface area contributed by atoms with E-state index in [1.807, 2.05) is 30.3 Å². The maximum absolute atomic E-state index is 11.7. The number of ether oxygens (including phenoxy) is 1. The van der Waals surface area contributed by atoms with E-state index >= 15 is 0 Å². The highest BCUT2D eigenvalue weighted by Gasteiger charge is 2.23. The van der Waals surface area contributed by atoms with Crippen LogP contribution in [0.1, 0.15) is 32.8 Å². The fourth-order valence-corrected chi connectivity index (χ4v) is 1.36. The molecular weight excluding hydrogens is 252 g/mol. The van der Waals surface area contributed by atoms with Crippen LogP contribution in [0.2, 0.25) is 0 Å². The van der Waals surface area contributed by atoms with E-state index in [-0.39, 0.29) is 19.0 Å².